The molecule has 0 aromatic heterocycles. The quantitative estimate of drug-likeness (QED) is 0.659. The summed E-state index contributed by atoms with van der Waals surface area (Å²) in [4.78, 5) is 11.8. The molecule has 0 fully saturated rings. The minimum Gasteiger partial charge on any atom is -0.331 e. The van der Waals surface area contributed by atoms with Crippen LogP contribution in [0.2, 0.25) is 5.02 Å². The summed E-state index contributed by atoms with van der Waals surface area (Å²) < 4.78 is 0. The van der Waals surface area contributed by atoms with Crippen LogP contribution in [0, 0.1) is 11.3 Å². The van der Waals surface area contributed by atoms with Crippen molar-refractivity contribution in [2.24, 2.45) is 0 Å². The van der Waals surface area contributed by atoms with E-state index >= 15 is 0 Å². The molecule has 4 nitrogen and oxygen atoms in total. The molecule has 0 saturated carbocycles. The number of amides is 1. The lowest BCUT2D eigenvalue weighted by molar-refractivity contribution is -0.115. The number of hydrogen-bond donors (Lipinski definition) is 2. The maximum absolute atomic E-state index is 11.8. The molecule has 0 aliphatic carbocycles. The molecule has 0 spiro atoms. The van der Waals surface area contributed by atoms with Crippen LogP contribution in [0.25, 0.3) is 6.08 Å². The standard InChI is InChI=1S/C17H12ClN3OS/c18-14-7-3-1-5-12(14)9-10-16(22)21-17(23)20-15-8-4-2-6-13(15)11-19/h1-10H,(H2,20,21,22,23)/b10-9+. The second kappa shape index (κ2) is 8.08. The summed E-state index contributed by atoms with van der Waals surface area (Å²) in [6.07, 6.45) is 2.94. The lowest BCUT2D eigenvalue weighted by Gasteiger charge is -2.09. The number of nitrogens with zero attached hydrogens (tertiary/aromatic N) is 1. The topological polar surface area (TPSA) is 64.9 Å². The molecule has 0 atom stereocenters. The Bertz CT molecular complexity index is 811. The summed E-state index contributed by atoms with van der Waals surface area (Å²) in [6.45, 7) is 0. The fraction of sp³-hybridized carbons (Fsp3) is 0. The Morgan fingerprint density at radius 3 is 2.61 bits per heavy atom. The van der Waals surface area contributed by atoms with Crippen LogP contribution in [-0.2, 0) is 4.79 Å². The summed E-state index contributed by atoms with van der Waals surface area (Å²) in [7, 11) is 0. The van der Waals surface area contributed by atoms with E-state index in [1.807, 2.05) is 18.2 Å². The molecular formula is C17H12ClN3OS. The first-order valence-corrected chi connectivity index (χ1v) is 7.42. The van der Waals surface area contributed by atoms with Gasteiger partial charge in [0.15, 0.2) is 5.11 Å². The van der Waals surface area contributed by atoms with E-state index in [-0.39, 0.29) is 5.11 Å². The van der Waals surface area contributed by atoms with Gasteiger partial charge in [-0.1, -0.05) is 41.9 Å². The van der Waals surface area contributed by atoms with Gasteiger partial charge in [-0.25, -0.2) is 0 Å². The van der Waals surface area contributed by atoms with Crippen molar-refractivity contribution in [3.63, 3.8) is 0 Å². The Balaban J connectivity index is 1.97. The van der Waals surface area contributed by atoms with Gasteiger partial charge in [0.1, 0.15) is 6.07 Å². The Hall–Kier alpha value is -2.68. The molecule has 1 amide bonds. The normalized spacial score (nSPS) is 10.1. The Morgan fingerprint density at radius 1 is 1.17 bits per heavy atom. The monoisotopic (exact) mass is 341 g/mol. The zero-order chi connectivity index (χ0) is 16.7. The van der Waals surface area contributed by atoms with Gasteiger partial charge in [0.25, 0.3) is 0 Å². The fourth-order valence-corrected chi connectivity index (χ4v) is 2.18. The molecule has 2 aromatic carbocycles. The number of carbonyl (C=O) groups is 1. The van der Waals surface area contributed by atoms with Crippen molar-refractivity contribution in [2.75, 3.05) is 5.32 Å². The molecule has 0 aliphatic heterocycles. The highest BCUT2D eigenvalue weighted by Gasteiger charge is 2.05. The van der Waals surface area contributed by atoms with Crippen molar-refractivity contribution >= 4 is 46.6 Å². The van der Waals surface area contributed by atoms with Gasteiger partial charge in [0, 0.05) is 11.1 Å². The van der Waals surface area contributed by atoms with Gasteiger partial charge in [-0.15, -0.1) is 0 Å². The van der Waals surface area contributed by atoms with E-state index in [1.165, 1.54) is 6.08 Å². The molecule has 0 heterocycles. The van der Waals surface area contributed by atoms with Crippen molar-refractivity contribution in [2.45, 2.75) is 0 Å². The van der Waals surface area contributed by atoms with Crippen LogP contribution in [0.5, 0.6) is 0 Å². The van der Waals surface area contributed by atoms with Crippen LogP contribution in [0.3, 0.4) is 0 Å². The van der Waals surface area contributed by atoms with E-state index in [2.05, 4.69) is 10.6 Å². The van der Waals surface area contributed by atoms with Gasteiger partial charge < -0.3 is 5.32 Å². The van der Waals surface area contributed by atoms with E-state index < -0.39 is 5.91 Å². The number of halogens is 1. The van der Waals surface area contributed by atoms with E-state index in [9.17, 15) is 4.79 Å². The molecule has 0 aliphatic rings. The molecule has 6 heteroatoms. The van der Waals surface area contributed by atoms with E-state index in [1.54, 1.807) is 42.5 Å². The van der Waals surface area contributed by atoms with E-state index in [0.29, 0.717) is 16.3 Å². The maximum Gasteiger partial charge on any atom is 0.250 e. The van der Waals surface area contributed by atoms with Crippen LogP contribution < -0.4 is 10.6 Å². The lowest BCUT2D eigenvalue weighted by Crippen LogP contribution is -2.33. The summed E-state index contributed by atoms with van der Waals surface area (Å²) in [5.74, 6) is -0.392. The van der Waals surface area contributed by atoms with Crippen LogP contribution in [0.15, 0.2) is 54.6 Å². The first kappa shape index (κ1) is 16.7. The first-order chi connectivity index (χ1) is 11.1. The van der Waals surface area contributed by atoms with E-state index in [0.717, 1.165) is 5.56 Å². The van der Waals surface area contributed by atoms with Crippen molar-refractivity contribution < 1.29 is 4.79 Å². The summed E-state index contributed by atoms with van der Waals surface area (Å²) >= 11 is 11.1. The number of nitriles is 1. The van der Waals surface area contributed by atoms with Crippen LogP contribution in [0.4, 0.5) is 5.69 Å². The van der Waals surface area contributed by atoms with Gasteiger partial charge in [-0.3, -0.25) is 10.1 Å². The van der Waals surface area contributed by atoms with Crippen molar-refractivity contribution in [1.29, 1.82) is 5.26 Å². The number of thiocarbonyl (C=S) groups is 1. The third kappa shape index (κ3) is 4.92. The number of benzene rings is 2. The highest BCUT2D eigenvalue weighted by atomic mass is 35.5. The molecule has 0 saturated heterocycles. The minimum atomic E-state index is -0.392. The molecular weight excluding hydrogens is 330 g/mol. The Kier molecular flexibility index (Phi) is 5.87. The summed E-state index contributed by atoms with van der Waals surface area (Å²) in [5, 5.41) is 15.0. The first-order valence-electron chi connectivity index (χ1n) is 6.64. The predicted molar refractivity (Wildman–Crippen MR) is 96.0 cm³/mol. The molecule has 114 valence electrons. The second-order valence-corrected chi connectivity index (χ2v) is 5.27. The zero-order valence-corrected chi connectivity index (χ0v) is 13.5. The molecule has 0 bridgehead atoms. The predicted octanol–water partition coefficient (Wildman–Crippen LogP) is 3.74. The largest absolute Gasteiger partial charge is 0.331 e. The van der Waals surface area contributed by atoms with Crippen molar-refractivity contribution in [3.05, 3.63) is 70.8 Å². The van der Waals surface area contributed by atoms with Gasteiger partial charge in [-0.2, -0.15) is 5.26 Å². The smallest absolute Gasteiger partial charge is 0.250 e. The van der Waals surface area contributed by atoms with Crippen LogP contribution >= 0.6 is 23.8 Å². The number of rotatable bonds is 3. The Morgan fingerprint density at radius 2 is 1.87 bits per heavy atom. The molecule has 2 rings (SSSR count). The van der Waals surface area contributed by atoms with E-state index in [4.69, 9.17) is 29.1 Å². The summed E-state index contributed by atoms with van der Waals surface area (Å²) in [5.41, 5.74) is 1.71. The Labute approximate surface area is 144 Å². The summed E-state index contributed by atoms with van der Waals surface area (Å²) in [6, 6.07) is 16.1. The number of carbonyl (C=O) groups excluding carboxylic acids is 1. The SMILES string of the molecule is N#Cc1ccccc1NC(=S)NC(=O)/C=C/c1ccccc1Cl. The van der Waals surface area contributed by atoms with Crippen LogP contribution in [0.1, 0.15) is 11.1 Å². The zero-order valence-electron chi connectivity index (χ0n) is 11.9. The number of para-hydroxylation sites is 1. The van der Waals surface area contributed by atoms with Crippen molar-refractivity contribution in [1.82, 2.24) is 5.32 Å². The highest BCUT2D eigenvalue weighted by molar-refractivity contribution is 7.80. The third-order valence-corrected chi connectivity index (χ3v) is 3.40. The van der Waals surface area contributed by atoms with Gasteiger partial charge in [0.05, 0.1) is 11.3 Å². The molecule has 2 N–H and O–H groups in total. The van der Waals surface area contributed by atoms with Gasteiger partial charge in [-0.05, 0) is 42.1 Å². The van der Waals surface area contributed by atoms with Gasteiger partial charge >= 0.3 is 0 Å². The third-order valence-electron chi connectivity index (χ3n) is 2.85. The highest BCUT2D eigenvalue weighted by Crippen LogP contribution is 2.16. The fourth-order valence-electron chi connectivity index (χ4n) is 1.77. The molecule has 23 heavy (non-hydrogen) atoms. The molecule has 2 aromatic rings. The minimum absolute atomic E-state index is 0.113. The molecule has 0 radical (unpaired) electrons. The average molecular weight is 342 g/mol. The van der Waals surface area contributed by atoms with Gasteiger partial charge in [0.2, 0.25) is 5.91 Å². The molecule has 0 unspecified atom stereocenters. The lowest BCUT2D eigenvalue weighted by atomic mass is 10.2. The number of nitrogens with one attached hydrogen (secondary N) is 2. The van der Waals surface area contributed by atoms with Crippen LogP contribution in [-0.4, -0.2) is 11.0 Å². The number of hydrogen-bond acceptors (Lipinski definition) is 3. The maximum atomic E-state index is 11.8. The number of anilines is 1. The van der Waals surface area contributed by atoms with Crippen molar-refractivity contribution in [3.8, 4) is 6.07 Å². The second-order valence-electron chi connectivity index (χ2n) is 4.46. The average Bonchev–Trinajstić information content (AvgIpc) is 2.54.